The number of phenolic OH excluding ortho intramolecular Hbond substituents is 1. The summed E-state index contributed by atoms with van der Waals surface area (Å²) in [5, 5.41) is 35.8. The minimum absolute atomic E-state index is 0.0619. The molecule has 2 bridgehead atoms. The molecule has 12 nitrogen and oxygen atoms in total. The molecule has 0 aliphatic carbocycles. The van der Waals surface area contributed by atoms with E-state index in [4.69, 9.17) is 4.74 Å². The van der Waals surface area contributed by atoms with Crippen LogP contribution in [0.25, 0.3) is 10.9 Å². The standard InChI is InChI=1S/C50H53N5O7/c56-44-21-19-41(42-20-22-46(58)52-47(42)44)45(57)30-51-25-8-26-54(31-34-9-3-1-4-10-34)49(59)38-17-15-35(16-18-38)33-62-40-14-7-13-39(29-40)48(37-11-5-2-6-12-37)55(50(60)61)43-32-53-27-23-36(43)24-28-53/h1-7,9-22,29,36,43,45,48,51,56-57H,8,23-28,30-33H2,(H,52,58)(H,60,61)/t43?,45?,48-/m0/s1. The van der Waals surface area contributed by atoms with Crippen LogP contribution in [0.3, 0.4) is 0 Å². The van der Waals surface area contributed by atoms with Crippen LogP contribution in [0.5, 0.6) is 11.5 Å². The maximum Gasteiger partial charge on any atom is 0.408 e. The summed E-state index contributed by atoms with van der Waals surface area (Å²) in [4.78, 5) is 47.4. The Kier molecular flexibility index (Phi) is 13.3. The molecule has 3 atom stereocenters. The zero-order valence-corrected chi connectivity index (χ0v) is 34.6. The topological polar surface area (TPSA) is 159 Å². The quantitative estimate of drug-likeness (QED) is 0.0594. The molecule has 12 heteroatoms. The highest BCUT2D eigenvalue weighted by atomic mass is 16.5. The van der Waals surface area contributed by atoms with E-state index in [0.717, 1.165) is 54.7 Å². The van der Waals surface area contributed by atoms with Gasteiger partial charge in [0.05, 0.1) is 23.7 Å². The van der Waals surface area contributed by atoms with Crippen LogP contribution < -0.4 is 15.6 Å². The number of carboxylic acid groups (broad SMARTS) is 1. The predicted octanol–water partition coefficient (Wildman–Crippen LogP) is 7.33. The molecule has 0 saturated carbocycles. The number of carbonyl (C=O) groups excluding carboxylic acids is 1. The molecular weight excluding hydrogens is 783 g/mol. The Morgan fingerprint density at radius 1 is 0.839 bits per heavy atom. The lowest BCUT2D eigenvalue weighted by atomic mass is 9.81. The fraction of sp³-hybridized carbons (Fsp3) is 0.300. The summed E-state index contributed by atoms with van der Waals surface area (Å²) in [6.07, 6.45) is 0.841. The Morgan fingerprint density at radius 2 is 1.56 bits per heavy atom. The molecule has 2 amide bonds. The van der Waals surface area contributed by atoms with E-state index < -0.39 is 18.2 Å². The van der Waals surface area contributed by atoms with E-state index in [9.17, 15) is 29.7 Å². The molecule has 3 aliphatic rings. The van der Waals surface area contributed by atoms with Crippen LogP contribution in [-0.2, 0) is 13.2 Å². The maximum absolute atomic E-state index is 14.0. The number of H-pyrrole nitrogens is 1. The van der Waals surface area contributed by atoms with Crippen molar-refractivity contribution in [3.8, 4) is 11.5 Å². The van der Waals surface area contributed by atoms with E-state index in [1.54, 1.807) is 17.0 Å². The van der Waals surface area contributed by atoms with Crippen molar-refractivity contribution in [2.45, 2.75) is 50.6 Å². The van der Waals surface area contributed by atoms with Gasteiger partial charge in [0.15, 0.2) is 0 Å². The van der Waals surface area contributed by atoms with Crippen LogP contribution >= 0.6 is 0 Å². The third-order valence-electron chi connectivity index (χ3n) is 12.3. The molecule has 4 heterocycles. The number of fused-ring (bicyclic) bond motifs is 4. The van der Waals surface area contributed by atoms with Crippen molar-refractivity contribution < 1.29 is 29.6 Å². The van der Waals surface area contributed by atoms with E-state index in [-0.39, 0.29) is 41.9 Å². The molecule has 320 valence electrons. The molecule has 3 fully saturated rings. The Morgan fingerprint density at radius 3 is 2.27 bits per heavy atom. The number of piperidine rings is 3. The van der Waals surface area contributed by atoms with Gasteiger partial charge in [-0.25, -0.2) is 4.79 Å². The Hall–Kier alpha value is -6.47. The van der Waals surface area contributed by atoms with E-state index in [1.165, 1.54) is 12.1 Å². The fourth-order valence-electron chi connectivity index (χ4n) is 9.06. The molecule has 1 aromatic heterocycles. The first kappa shape index (κ1) is 42.2. The zero-order chi connectivity index (χ0) is 43.0. The zero-order valence-electron chi connectivity index (χ0n) is 34.6. The SMILES string of the molecule is O=C(c1ccc(COc2cccc([C@H](c3ccccc3)N(C(=O)O)C3CN4CCC3CC4)c2)cc1)N(CCCNCC(O)c1ccc(O)c2[nH]c(=O)ccc12)Cc1ccccc1. The number of aromatic amines is 1. The smallest absolute Gasteiger partial charge is 0.408 e. The van der Waals surface area contributed by atoms with Gasteiger partial charge in [-0.1, -0.05) is 91.0 Å². The molecule has 5 N–H and O–H groups in total. The van der Waals surface area contributed by atoms with Crippen LogP contribution in [0, 0.1) is 5.92 Å². The van der Waals surface area contributed by atoms with Gasteiger partial charge in [-0.3, -0.25) is 14.5 Å². The number of pyridine rings is 1. The lowest BCUT2D eigenvalue weighted by Crippen LogP contribution is -2.59. The number of aliphatic hydroxyl groups excluding tert-OH is 1. The van der Waals surface area contributed by atoms with Gasteiger partial charge in [0.1, 0.15) is 18.1 Å². The molecule has 3 aliphatic heterocycles. The predicted molar refractivity (Wildman–Crippen MR) is 238 cm³/mol. The summed E-state index contributed by atoms with van der Waals surface area (Å²) in [6.45, 7) is 4.75. The molecule has 0 spiro atoms. The number of hydrogen-bond acceptors (Lipinski definition) is 8. The van der Waals surface area contributed by atoms with Crippen molar-refractivity contribution >= 4 is 22.9 Å². The van der Waals surface area contributed by atoms with Gasteiger partial charge >= 0.3 is 6.09 Å². The van der Waals surface area contributed by atoms with Crippen LogP contribution in [0.15, 0.2) is 138 Å². The number of aromatic hydroxyl groups is 1. The number of aliphatic hydroxyl groups is 1. The molecule has 9 rings (SSSR count). The largest absolute Gasteiger partial charge is 0.506 e. The van der Waals surface area contributed by atoms with Crippen LogP contribution in [0.4, 0.5) is 4.79 Å². The normalized spacial score (nSPS) is 17.9. The fourth-order valence-corrected chi connectivity index (χ4v) is 9.06. The molecular formula is C50H53N5O7. The first-order chi connectivity index (χ1) is 30.2. The minimum Gasteiger partial charge on any atom is -0.506 e. The van der Waals surface area contributed by atoms with Gasteiger partial charge in [0.2, 0.25) is 5.56 Å². The summed E-state index contributed by atoms with van der Waals surface area (Å²) >= 11 is 0. The summed E-state index contributed by atoms with van der Waals surface area (Å²) in [7, 11) is 0. The molecule has 2 unspecified atom stereocenters. The molecule has 3 saturated heterocycles. The van der Waals surface area contributed by atoms with Crippen molar-refractivity contribution in [2.24, 2.45) is 5.92 Å². The van der Waals surface area contributed by atoms with Crippen LogP contribution in [0.2, 0.25) is 0 Å². The lowest BCUT2D eigenvalue weighted by Gasteiger charge is -2.50. The van der Waals surface area contributed by atoms with Crippen molar-refractivity contribution in [1.82, 2.24) is 25.0 Å². The maximum atomic E-state index is 14.0. The Balaban J connectivity index is 0.905. The van der Waals surface area contributed by atoms with E-state index in [2.05, 4.69) is 15.2 Å². The number of rotatable bonds is 17. The first-order valence-electron chi connectivity index (χ1n) is 21.4. The molecule has 5 aromatic carbocycles. The number of hydrogen-bond donors (Lipinski definition) is 5. The van der Waals surface area contributed by atoms with E-state index in [0.29, 0.717) is 54.2 Å². The van der Waals surface area contributed by atoms with E-state index >= 15 is 0 Å². The average Bonchev–Trinajstić information content (AvgIpc) is 3.30. The number of phenols is 1. The third kappa shape index (κ3) is 9.84. The number of nitrogens with zero attached hydrogens (tertiary/aromatic N) is 3. The average molecular weight is 836 g/mol. The van der Waals surface area contributed by atoms with Crippen LogP contribution in [0.1, 0.15) is 69.6 Å². The van der Waals surface area contributed by atoms with Crippen molar-refractivity contribution in [2.75, 3.05) is 39.3 Å². The second-order valence-corrected chi connectivity index (χ2v) is 16.3. The summed E-state index contributed by atoms with van der Waals surface area (Å²) < 4.78 is 6.31. The van der Waals surface area contributed by atoms with Gasteiger partial charge in [0.25, 0.3) is 5.91 Å². The molecule has 62 heavy (non-hydrogen) atoms. The highest BCUT2D eigenvalue weighted by Crippen LogP contribution is 2.39. The highest BCUT2D eigenvalue weighted by molar-refractivity contribution is 5.94. The number of amides is 2. The summed E-state index contributed by atoms with van der Waals surface area (Å²) in [5.41, 5.74) is 4.75. The molecule has 6 aromatic rings. The first-order valence-corrected chi connectivity index (χ1v) is 21.4. The van der Waals surface area contributed by atoms with Gasteiger partial charge < -0.3 is 40.2 Å². The number of aromatic nitrogens is 1. The highest BCUT2D eigenvalue weighted by Gasteiger charge is 2.43. The van der Waals surface area contributed by atoms with Gasteiger partial charge in [-0.2, -0.15) is 0 Å². The third-order valence-corrected chi connectivity index (χ3v) is 12.3. The van der Waals surface area contributed by atoms with Gasteiger partial charge in [-0.05, 0) is 109 Å². The Bertz CT molecular complexity index is 2510. The number of ether oxygens (including phenoxy) is 1. The second-order valence-electron chi connectivity index (χ2n) is 16.3. The van der Waals surface area contributed by atoms with Gasteiger partial charge in [-0.15, -0.1) is 0 Å². The Labute approximate surface area is 361 Å². The minimum atomic E-state index is -0.922. The molecule has 0 radical (unpaired) electrons. The van der Waals surface area contributed by atoms with Crippen molar-refractivity contribution in [3.63, 3.8) is 0 Å². The second kappa shape index (κ2) is 19.5. The monoisotopic (exact) mass is 835 g/mol. The van der Waals surface area contributed by atoms with Crippen molar-refractivity contribution in [1.29, 1.82) is 0 Å². The van der Waals surface area contributed by atoms with Crippen LogP contribution in [-0.4, -0.2) is 92.3 Å². The number of nitrogens with one attached hydrogen (secondary N) is 2. The van der Waals surface area contributed by atoms with Crippen molar-refractivity contribution in [3.05, 3.63) is 177 Å². The summed E-state index contributed by atoms with van der Waals surface area (Å²) in [6, 6.07) is 40.3. The number of benzene rings is 5. The number of carbonyl (C=O) groups is 2. The van der Waals surface area contributed by atoms with E-state index in [1.807, 2.05) is 114 Å². The lowest BCUT2D eigenvalue weighted by molar-refractivity contribution is -0.000814. The van der Waals surface area contributed by atoms with Gasteiger partial charge in [0, 0.05) is 43.2 Å². The summed E-state index contributed by atoms with van der Waals surface area (Å²) in [5.74, 6) is 0.802.